The lowest BCUT2D eigenvalue weighted by Gasteiger charge is -2.31. The lowest BCUT2D eigenvalue weighted by atomic mass is 9.89. The first-order chi connectivity index (χ1) is 10.1. The molecule has 1 saturated heterocycles. The Bertz CT molecular complexity index is 572. The van der Waals surface area contributed by atoms with Gasteiger partial charge in [0.25, 0.3) is 0 Å². The molecule has 5 nitrogen and oxygen atoms in total. The van der Waals surface area contributed by atoms with Crippen molar-refractivity contribution in [3.05, 3.63) is 35.4 Å². The van der Waals surface area contributed by atoms with Crippen LogP contribution in [0.2, 0.25) is 0 Å². The smallest absolute Gasteiger partial charge is 0.326 e. The average molecular weight is 288 g/mol. The minimum Gasteiger partial charge on any atom is -0.480 e. The molecule has 3 unspecified atom stereocenters. The van der Waals surface area contributed by atoms with Crippen molar-refractivity contribution in [1.29, 1.82) is 0 Å². The Balaban J connectivity index is 1.88. The summed E-state index contributed by atoms with van der Waals surface area (Å²) in [7, 11) is 0. The van der Waals surface area contributed by atoms with Crippen molar-refractivity contribution in [3.63, 3.8) is 0 Å². The van der Waals surface area contributed by atoms with E-state index in [1.54, 1.807) is 4.90 Å². The van der Waals surface area contributed by atoms with E-state index >= 15 is 0 Å². The maximum absolute atomic E-state index is 12.8. The minimum absolute atomic E-state index is 0.0123. The molecule has 0 spiro atoms. The number of rotatable bonds is 2. The van der Waals surface area contributed by atoms with E-state index in [1.807, 2.05) is 31.2 Å². The van der Waals surface area contributed by atoms with Crippen LogP contribution in [0.4, 0.5) is 0 Å². The predicted octanol–water partition coefficient (Wildman–Crippen LogP) is 1.19. The number of hydrogen-bond donors (Lipinski definition) is 2. The van der Waals surface area contributed by atoms with Crippen LogP contribution in [0, 0.1) is 5.92 Å². The monoisotopic (exact) mass is 288 g/mol. The zero-order valence-corrected chi connectivity index (χ0v) is 12.1. The van der Waals surface area contributed by atoms with E-state index in [2.05, 4.69) is 5.32 Å². The Kier molecular flexibility index (Phi) is 3.68. The van der Waals surface area contributed by atoms with Gasteiger partial charge in [-0.1, -0.05) is 31.2 Å². The summed E-state index contributed by atoms with van der Waals surface area (Å²) < 4.78 is 0. The normalized spacial score (nSPS) is 28.2. The number of aliphatic carboxylic acids is 1. The van der Waals surface area contributed by atoms with Crippen molar-refractivity contribution >= 4 is 11.9 Å². The van der Waals surface area contributed by atoms with Gasteiger partial charge in [0.05, 0.1) is 5.92 Å². The minimum atomic E-state index is -0.898. The number of fused-ring (bicyclic) bond motifs is 1. The van der Waals surface area contributed by atoms with E-state index in [0.29, 0.717) is 13.1 Å². The van der Waals surface area contributed by atoms with E-state index in [9.17, 15) is 14.7 Å². The Hall–Kier alpha value is -1.88. The second kappa shape index (κ2) is 5.48. The molecule has 0 radical (unpaired) electrons. The lowest BCUT2D eigenvalue weighted by Crippen LogP contribution is -2.47. The summed E-state index contributed by atoms with van der Waals surface area (Å²) >= 11 is 0. The van der Waals surface area contributed by atoms with Gasteiger partial charge in [0.1, 0.15) is 6.04 Å². The zero-order chi connectivity index (χ0) is 15.0. The molecule has 2 aliphatic heterocycles. The third-order valence-electron chi connectivity index (χ3n) is 4.63. The molecular weight excluding hydrogens is 268 g/mol. The summed E-state index contributed by atoms with van der Waals surface area (Å²) in [4.78, 5) is 25.8. The molecule has 1 fully saturated rings. The number of carboxylic acid groups (broad SMARTS) is 1. The molecule has 3 rings (SSSR count). The third-order valence-corrected chi connectivity index (χ3v) is 4.63. The van der Waals surface area contributed by atoms with Crippen LogP contribution < -0.4 is 5.32 Å². The molecule has 112 valence electrons. The Labute approximate surface area is 123 Å². The van der Waals surface area contributed by atoms with Gasteiger partial charge < -0.3 is 15.3 Å². The lowest BCUT2D eigenvalue weighted by molar-refractivity contribution is -0.150. The molecule has 1 aromatic carbocycles. The molecule has 2 heterocycles. The van der Waals surface area contributed by atoms with E-state index in [4.69, 9.17) is 0 Å². The fourth-order valence-electron chi connectivity index (χ4n) is 3.49. The van der Waals surface area contributed by atoms with Gasteiger partial charge in [-0.05, 0) is 23.5 Å². The summed E-state index contributed by atoms with van der Waals surface area (Å²) in [5.41, 5.74) is 2.16. The molecule has 3 atom stereocenters. The number of amides is 1. The van der Waals surface area contributed by atoms with E-state index in [-0.39, 0.29) is 17.7 Å². The van der Waals surface area contributed by atoms with Crippen molar-refractivity contribution in [1.82, 2.24) is 10.2 Å². The highest BCUT2D eigenvalue weighted by molar-refractivity contribution is 5.89. The molecule has 1 amide bonds. The highest BCUT2D eigenvalue weighted by Crippen LogP contribution is 2.31. The molecule has 2 aliphatic rings. The number of carboxylic acids is 1. The van der Waals surface area contributed by atoms with Crippen LogP contribution in [0.3, 0.4) is 0 Å². The van der Waals surface area contributed by atoms with Gasteiger partial charge >= 0.3 is 5.97 Å². The van der Waals surface area contributed by atoms with E-state index in [1.165, 1.54) is 0 Å². The van der Waals surface area contributed by atoms with Crippen molar-refractivity contribution in [2.75, 3.05) is 13.1 Å². The topological polar surface area (TPSA) is 69.6 Å². The fourth-order valence-corrected chi connectivity index (χ4v) is 3.49. The molecule has 5 heteroatoms. The highest BCUT2D eigenvalue weighted by atomic mass is 16.4. The first kappa shape index (κ1) is 14.1. The van der Waals surface area contributed by atoms with Crippen LogP contribution in [-0.4, -0.2) is 41.0 Å². The Morgan fingerprint density at radius 1 is 1.33 bits per heavy atom. The largest absolute Gasteiger partial charge is 0.480 e. The van der Waals surface area contributed by atoms with Crippen LogP contribution in [0.5, 0.6) is 0 Å². The molecule has 2 N–H and O–H groups in total. The summed E-state index contributed by atoms with van der Waals surface area (Å²) in [6, 6.07) is 7.21. The van der Waals surface area contributed by atoms with Crippen LogP contribution in [0.25, 0.3) is 0 Å². The number of nitrogens with one attached hydrogen (secondary N) is 1. The summed E-state index contributed by atoms with van der Waals surface area (Å²) in [5.74, 6) is -1.22. The standard InChI is InChI=1S/C16H20N2O3/c1-10-6-7-18(14(10)16(20)21)15(19)13-9-17-8-11-4-2-3-5-12(11)13/h2-5,10,13-14,17H,6-9H2,1H3,(H,20,21). The maximum atomic E-state index is 12.8. The second-order valence-electron chi connectivity index (χ2n) is 5.96. The van der Waals surface area contributed by atoms with Gasteiger partial charge in [-0.15, -0.1) is 0 Å². The van der Waals surface area contributed by atoms with Gasteiger partial charge in [-0.3, -0.25) is 4.79 Å². The van der Waals surface area contributed by atoms with Gasteiger partial charge in [0.2, 0.25) is 5.91 Å². The molecule has 0 aromatic heterocycles. The summed E-state index contributed by atoms with van der Waals surface area (Å²) in [6.45, 7) is 3.78. The highest BCUT2D eigenvalue weighted by Gasteiger charge is 2.42. The number of nitrogens with zero attached hydrogens (tertiary/aromatic N) is 1. The first-order valence-electron chi connectivity index (χ1n) is 7.41. The van der Waals surface area contributed by atoms with Crippen LogP contribution in [0.15, 0.2) is 24.3 Å². The van der Waals surface area contributed by atoms with Crippen LogP contribution >= 0.6 is 0 Å². The Morgan fingerprint density at radius 2 is 2.10 bits per heavy atom. The molecular formula is C16H20N2O3. The maximum Gasteiger partial charge on any atom is 0.326 e. The zero-order valence-electron chi connectivity index (χ0n) is 12.1. The van der Waals surface area contributed by atoms with E-state index in [0.717, 1.165) is 24.1 Å². The quantitative estimate of drug-likeness (QED) is 0.858. The van der Waals surface area contributed by atoms with Crippen molar-refractivity contribution < 1.29 is 14.7 Å². The van der Waals surface area contributed by atoms with Gasteiger partial charge in [0.15, 0.2) is 0 Å². The SMILES string of the molecule is CC1CCN(C(=O)C2CNCc3ccccc32)C1C(=O)O. The van der Waals surface area contributed by atoms with Crippen molar-refractivity contribution in [2.45, 2.75) is 31.8 Å². The van der Waals surface area contributed by atoms with E-state index < -0.39 is 12.0 Å². The first-order valence-corrected chi connectivity index (χ1v) is 7.41. The molecule has 0 aliphatic carbocycles. The van der Waals surface area contributed by atoms with Gasteiger partial charge in [0, 0.05) is 19.6 Å². The number of benzene rings is 1. The number of carbonyl (C=O) groups is 2. The van der Waals surface area contributed by atoms with Gasteiger partial charge in [-0.2, -0.15) is 0 Å². The second-order valence-corrected chi connectivity index (χ2v) is 5.96. The molecule has 1 aromatic rings. The summed E-state index contributed by atoms with van der Waals surface area (Å²) in [6.07, 6.45) is 0.754. The predicted molar refractivity (Wildman–Crippen MR) is 77.8 cm³/mol. The van der Waals surface area contributed by atoms with Gasteiger partial charge in [-0.25, -0.2) is 4.79 Å². The number of hydrogen-bond acceptors (Lipinski definition) is 3. The Morgan fingerprint density at radius 3 is 2.86 bits per heavy atom. The summed E-state index contributed by atoms with van der Waals surface area (Å²) in [5, 5.41) is 12.6. The molecule has 0 bridgehead atoms. The molecule has 0 saturated carbocycles. The molecule has 21 heavy (non-hydrogen) atoms. The fraction of sp³-hybridized carbons (Fsp3) is 0.500. The third kappa shape index (κ3) is 2.42. The van der Waals surface area contributed by atoms with Crippen molar-refractivity contribution in [2.24, 2.45) is 5.92 Å². The average Bonchev–Trinajstić information content (AvgIpc) is 2.88. The van der Waals surface area contributed by atoms with Crippen LogP contribution in [-0.2, 0) is 16.1 Å². The number of carbonyl (C=O) groups excluding carboxylic acids is 1. The number of likely N-dealkylation sites (tertiary alicyclic amines) is 1. The van der Waals surface area contributed by atoms with Crippen molar-refractivity contribution in [3.8, 4) is 0 Å². The van der Waals surface area contributed by atoms with Crippen LogP contribution in [0.1, 0.15) is 30.4 Å².